The summed E-state index contributed by atoms with van der Waals surface area (Å²) in [5, 5.41) is 17.9. The molecule has 0 bridgehead atoms. The summed E-state index contributed by atoms with van der Waals surface area (Å²) in [5.41, 5.74) is 0.307. The Balaban J connectivity index is 4.59. The van der Waals surface area contributed by atoms with Crippen molar-refractivity contribution in [3.63, 3.8) is 0 Å². The Morgan fingerprint density at radius 1 is 1.43 bits per heavy atom. The molecule has 80 valence electrons. The van der Waals surface area contributed by atoms with E-state index in [1.165, 1.54) is 20.3 Å². The highest BCUT2D eigenvalue weighted by Gasteiger charge is 2.15. The minimum absolute atomic E-state index is 0.129. The maximum Gasteiger partial charge on any atom is 0.486 e. The van der Waals surface area contributed by atoms with E-state index in [4.69, 9.17) is 19.5 Å². The topological polar surface area (TPSA) is 71.3 Å². The largest absolute Gasteiger partial charge is 0.486 e. The van der Waals surface area contributed by atoms with Gasteiger partial charge in [0, 0.05) is 13.7 Å². The van der Waals surface area contributed by atoms with Crippen molar-refractivity contribution in [2.24, 2.45) is 4.99 Å². The molecule has 6 heteroatoms. The van der Waals surface area contributed by atoms with Crippen LogP contribution in [0.25, 0.3) is 0 Å². The lowest BCUT2D eigenvalue weighted by atomic mass is 9.79. The van der Waals surface area contributed by atoms with Crippen molar-refractivity contribution in [3.05, 3.63) is 11.5 Å². The molecule has 0 aromatic heterocycles. The van der Waals surface area contributed by atoms with E-state index in [-0.39, 0.29) is 6.61 Å². The number of ether oxygens (including phenoxy) is 2. The molecule has 0 fully saturated rings. The summed E-state index contributed by atoms with van der Waals surface area (Å²) in [6.45, 7) is 2.56. The number of methoxy groups -OCH3 is 2. The summed E-state index contributed by atoms with van der Waals surface area (Å²) in [6.07, 6.45) is 1.46. The lowest BCUT2D eigenvalue weighted by Crippen LogP contribution is -2.20. The molecule has 0 aliphatic heterocycles. The molecule has 0 spiro atoms. The highest BCUT2D eigenvalue weighted by Crippen LogP contribution is 1.99. The molecule has 0 saturated heterocycles. The van der Waals surface area contributed by atoms with Crippen molar-refractivity contribution in [1.82, 2.24) is 0 Å². The summed E-state index contributed by atoms with van der Waals surface area (Å²) < 4.78 is 9.70. The molecule has 0 heterocycles. The van der Waals surface area contributed by atoms with Crippen LogP contribution in [0.1, 0.15) is 6.92 Å². The zero-order chi connectivity index (χ0) is 11.0. The fourth-order valence-electron chi connectivity index (χ4n) is 0.841. The zero-order valence-electron chi connectivity index (χ0n) is 8.73. The van der Waals surface area contributed by atoms with Gasteiger partial charge in [0.1, 0.15) is 0 Å². The van der Waals surface area contributed by atoms with Gasteiger partial charge in [0.2, 0.25) is 5.90 Å². The molecule has 0 aromatic carbocycles. The van der Waals surface area contributed by atoms with E-state index >= 15 is 0 Å². The molecule has 0 unspecified atom stereocenters. The second kappa shape index (κ2) is 7.55. The molecular weight excluding hydrogens is 185 g/mol. The van der Waals surface area contributed by atoms with Crippen LogP contribution in [0.5, 0.6) is 0 Å². The van der Waals surface area contributed by atoms with Crippen molar-refractivity contribution in [2.45, 2.75) is 6.92 Å². The van der Waals surface area contributed by atoms with Crippen LogP contribution < -0.4 is 0 Å². The average Bonchev–Trinajstić information content (AvgIpc) is 2.15. The van der Waals surface area contributed by atoms with E-state index in [0.717, 1.165) is 0 Å². The van der Waals surface area contributed by atoms with Gasteiger partial charge in [-0.15, -0.1) is 0 Å². The Kier molecular flexibility index (Phi) is 7.09. The molecule has 0 rings (SSSR count). The predicted octanol–water partition coefficient (Wildman–Crippen LogP) is -0.364. The molecule has 0 aliphatic carbocycles. The summed E-state index contributed by atoms with van der Waals surface area (Å²) in [4.78, 5) is 3.99. The van der Waals surface area contributed by atoms with Gasteiger partial charge in [0.25, 0.3) is 0 Å². The molecule has 0 aliphatic rings. The van der Waals surface area contributed by atoms with E-state index in [9.17, 15) is 0 Å². The quantitative estimate of drug-likeness (QED) is 0.362. The van der Waals surface area contributed by atoms with Gasteiger partial charge in [-0.1, -0.05) is 0 Å². The van der Waals surface area contributed by atoms with E-state index in [0.29, 0.717) is 17.9 Å². The Morgan fingerprint density at radius 2 is 2.07 bits per heavy atom. The van der Waals surface area contributed by atoms with E-state index in [2.05, 4.69) is 4.99 Å². The normalized spacial score (nSPS) is 12.9. The SMILES string of the molecule is CCN=C(/C=C(\COC)B(O)O)OC. The smallest absolute Gasteiger partial charge is 0.481 e. The van der Waals surface area contributed by atoms with Gasteiger partial charge < -0.3 is 19.5 Å². The Bertz CT molecular complexity index is 215. The second-order valence-corrected chi connectivity index (χ2v) is 2.54. The number of nitrogens with zero attached hydrogens (tertiary/aromatic N) is 1. The Hall–Kier alpha value is -0.845. The maximum absolute atomic E-state index is 8.95. The summed E-state index contributed by atoms with van der Waals surface area (Å²) >= 11 is 0. The monoisotopic (exact) mass is 201 g/mol. The number of aliphatic imine (C=N–C) groups is 1. The number of hydrogen-bond acceptors (Lipinski definition) is 5. The molecule has 0 atom stereocenters. The average molecular weight is 201 g/mol. The number of hydrogen-bond donors (Lipinski definition) is 2. The van der Waals surface area contributed by atoms with Crippen LogP contribution in [0.3, 0.4) is 0 Å². The van der Waals surface area contributed by atoms with E-state index < -0.39 is 7.12 Å². The van der Waals surface area contributed by atoms with Crippen molar-refractivity contribution in [2.75, 3.05) is 27.4 Å². The van der Waals surface area contributed by atoms with Crippen molar-refractivity contribution < 1.29 is 19.5 Å². The maximum atomic E-state index is 8.95. The van der Waals surface area contributed by atoms with E-state index in [1.54, 1.807) is 0 Å². The van der Waals surface area contributed by atoms with Crippen LogP contribution in [-0.2, 0) is 9.47 Å². The third-order valence-corrected chi connectivity index (χ3v) is 1.47. The fraction of sp³-hybridized carbons (Fsp3) is 0.625. The highest BCUT2D eigenvalue weighted by molar-refractivity contribution is 6.51. The molecule has 0 amide bonds. The highest BCUT2D eigenvalue weighted by atomic mass is 16.5. The van der Waals surface area contributed by atoms with Crippen LogP contribution >= 0.6 is 0 Å². The van der Waals surface area contributed by atoms with Gasteiger partial charge in [0.05, 0.1) is 13.7 Å². The van der Waals surface area contributed by atoms with E-state index in [1.807, 2.05) is 6.92 Å². The van der Waals surface area contributed by atoms with Crippen LogP contribution in [0, 0.1) is 0 Å². The van der Waals surface area contributed by atoms with Crippen molar-refractivity contribution >= 4 is 13.0 Å². The Labute approximate surface area is 84.2 Å². The van der Waals surface area contributed by atoms with Gasteiger partial charge in [-0.25, -0.2) is 0 Å². The fourth-order valence-corrected chi connectivity index (χ4v) is 0.841. The lowest BCUT2D eigenvalue weighted by molar-refractivity contribution is 0.225. The molecule has 0 aromatic rings. The van der Waals surface area contributed by atoms with Gasteiger partial charge in [-0.3, -0.25) is 4.99 Å². The first kappa shape index (κ1) is 13.2. The Morgan fingerprint density at radius 3 is 2.43 bits per heavy atom. The number of rotatable bonds is 5. The van der Waals surface area contributed by atoms with Crippen molar-refractivity contribution in [3.8, 4) is 0 Å². The molecule has 14 heavy (non-hydrogen) atoms. The third kappa shape index (κ3) is 5.01. The standard InChI is InChI=1S/C8H16BNO4/c1-4-10-8(14-3)5-7(6-13-2)9(11)12/h5,11-12H,4,6H2,1-3H3/b7-5+,10-8?. The van der Waals surface area contributed by atoms with Crippen molar-refractivity contribution in [1.29, 1.82) is 0 Å². The third-order valence-electron chi connectivity index (χ3n) is 1.47. The molecule has 5 nitrogen and oxygen atoms in total. The summed E-state index contributed by atoms with van der Waals surface area (Å²) in [7, 11) is 1.39. The van der Waals surface area contributed by atoms with Gasteiger partial charge in [0.15, 0.2) is 0 Å². The van der Waals surface area contributed by atoms with Crippen LogP contribution in [-0.4, -0.2) is 50.4 Å². The molecule has 0 saturated carbocycles. The van der Waals surface area contributed by atoms with Crippen LogP contribution in [0.15, 0.2) is 16.5 Å². The molecule has 2 N–H and O–H groups in total. The molecular formula is C8H16BNO4. The molecule has 0 radical (unpaired) electrons. The minimum Gasteiger partial charge on any atom is -0.481 e. The second-order valence-electron chi connectivity index (χ2n) is 2.54. The summed E-state index contributed by atoms with van der Waals surface area (Å²) in [5.74, 6) is 0.354. The van der Waals surface area contributed by atoms with Crippen LogP contribution in [0.2, 0.25) is 0 Å². The first-order valence-electron chi connectivity index (χ1n) is 4.29. The van der Waals surface area contributed by atoms with Crippen LogP contribution in [0.4, 0.5) is 0 Å². The lowest BCUT2D eigenvalue weighted by Gasteiger charge is -2.05. The first-order valence-corrected chi connectivity index (χ1v) is 4.29. The van der Waals surface area contributed by atoms with Gasteiger partial charge in [-0.2, -0.15) is 0 Å². The minimum atomic E-state index is -1.55. The summed E-state index contributed by atoms with van der Waals surface area (Å²) in [6, 6.07) is 0. The van der Waals surface area contributed by atoms with Gasteiger partial charge >= 0.3 is 7.12 Å². The van der Waals surface area contributed by atoms with Gasteiger partial charge in [-0.05, 0) is 18.5 Å². The predicted molar refractivity (Wildman–Crippen MR) is 55.1 cm³/mol. The zero-order valence-corrected chi connectivity index (χ0v) is 8.73. The first-order chi connectivity index (χ1) is 6.65.